The molecule has 4 rings (SSSR count). The summed E-state index contributed by atoms with van der Waals surface area (Å²) in [5, 5.41) is 36.0. The molecule has 2 heterocycles. The van der Waals surface area contributed by atoms with Crippen LogP contribution in [-0.2, 0) is 13.1 Å². The van der Waals surface area contributed by atoms with Crippen molar-refractivity contribution < 1.29 is 15.3 Å². The standard InChI is InChI=1S/C26H31N5O3/c1-16-8-17(2)10-20(9-16)27-12-19-5-6-22-24(11-19)31(26(30-22)28-13-21(33)15-32)14-23-25(34)7-4-18(3)29-23/h4-11,21,27,32-34H,12-15H2,1-3H3,(H,28,30). The molecule has 5 N–H and O–H groups in total. The summed E-state index contributed by atoms with van der Waals surface area (Å²) in [4.78, 5) is 9.17. The van der Waals surface area contributed by atoms with E-state index in [1.165, 1.54) is 11.1 Å². The van der Waals surface area contributed by atoms with Gasteiger partial charge in [0.15, 0.2) is 0 Å². The first kappa shape index (κ1) is 23.5. The van der Waals surface area contributed by atoms with Gasteiger partial charge in [0.05, 0.1) is 30.3 Å². The highest BCUT2D eigenvalue weighted by Gasteiger charge is 2.15. The average molecular weight is 462 g/mol. The average Bonchev–Trinajstić information content (AvgIpc) is 3.14. The van der Waals surface area contributed by atoms with E-state index in [9.17, 15) is 15.3 Å². The van der Waals surface area contributed by atoms with E-state index in [1.807, 2.05) is 23.6 Å². The molecular formula is C26H31N5O3. The summed E-state index contributed by atoms with van der Waals surface area (Å²) in [6, 6.07) is 15.8. The molecule has 34 heavy (non-hydrogen) atoms. The van der Waals surface area contributed by atoms with Crippen LogP contribution in [0.3, 0.4) is 0 Å². The van der Waals surface area contributed by atoms with Crippen molar-refractivity contribution in [2.75, 3.05) is 23.8 Å². The molecule has 0 spiro atoms. The molecule has 0 amide bonds. The number of hydrogen-bond donors (Lipinski definition) is 5. The molecule has 0 radical (unpaired) electrons. The Hall–Kier alpha value is -3.62. The molecule has 178 valence electrons. The lowest BCUT2D eigenvalue weighted by atomic mass is 10.1. The van der Waals surface area contributed by atoms with Crippen molar-refractivity contribution in [2.24, 2.45) is 0 Å². The van der Waals surface area contributed by atoms with Crippen molar-refractivity contribution in [2.45, 2.75) is 40.0 Å². The third kappa shape index (κ3) is 5.47. The summed E-state index contributed by atoms with van der Waals surface area (Å²) < 4.78 is 1.93. The van der Waals surface area contributed by atoms with Crippen molar-refractivity contribution in [1.29, 1.82) is 0 Å². The van der Waals surface area contributed by atoms with Gasteiger partial charge in [-0.1, -0.05) is 12.1 Å². The van der Waals surface area contributed by atoms with Crippen LogP contribution in [-0.4, -0.2) is 49.1 Å². The van der Waals surface area contributed by atoms with Gasteiger partial charge in [0.25, 0.3) is 0 Å². The maximum Gasteiger partial charge on any atom is 0.204 e. The van der Waals surface area contributed by atoms with Crippen LogP contribution in [0.5, 0.6) is 5.75 Å². The zero-order chi connectivity index (χ0) is 24.2. The van der Waals surface area contributed by atoms with Gasteiger partial charge in [-0.15, -0.1) is 0 Å². The zero-order valence-corrected chi connectivity index (χ0v) is 19.7. The second-order valence-corrected chi connectivity index (χ2v) is 8.71. The number of nitrogens with one attached hydrogen (secondary N) is 2. The summed E-state index contributed by atoms with van der Waals surface area (Å²) in [6.07, 6.45) is -0.906. The first-order valence-electron chi connectivity index (χ1n) is 11.3. The van der Waals surface area contributed by atoms with Gasteiger partial charge in [0, 0.05) is 24.5 Å². The lowest BCUT2D eigenvalue weighted by molar-refractivity contribution is 0.105. The van der Waals surface area contributed by atoms with E-state index in [2.05, 4.69) is 58.7 Å². The number of aliphatic hydroxyl groups is 2. The van der Waals surface area contributed by atoms with Gasteiger partial charge in [-0.3, -0.25) is 4.98 Å². The summed E-state index contributed by atoms with van der Waals surface area (Å²) in [6.45, 7) is 6.79. The molecule has 2 aromatic carbocycles. The monoisotopic (exact) mass is 461 g/mol. The smallest absolute Gasteiger partial charge is 0.204 e. The van der Waals surface area contributed by atoms with E-state index in [0.717, 1.165) is 28.0 Å². The Morgan fingerprint density at radius 3 is 2.44 bits per heavy atom. The number of aryl methyl sites for hydroxylation is 3. The maximum atomic E-state index is 10.4. The number of aromatic hydroxyl groups is 1. The van der Waals surface area contributed by atoms with Crippen molar-refractivity contribution in [3.63, 3.8) is 0 Å². The molecule has 1 unspecified atom stereocenters. The molecule has 0 saturated carbocycles. The number of pyridine rings is 1. The van der Waals surface area contributed by atoms with E-state index in [4.69, 9.17) is 0 Å². The van der Waals surface area contributed by atoms with Crippen molar-refractivity contribution >= 4 is 22.7 Å². The minimum atomic E-state index is -0.906. The van der Waals surface area contributed by atoms with Crippen LogP contribution in [0.2, 0.25) is 0 Å². The normalized spacial score (nSPS) is 12.1. The van der Waals surface area contributed by atoms with Gasteiger partial charge in [-0.25, -0.2) is 4.98 Å². The first-order valence-corrected chi connectivity index (χ1v) is 11.3. The van der Waals surface area contributed by atoms with Crippen LogP contribution in [0, 0.1) is 20.8 Å². The summed E-state index contributed by atoms with van der Waals surface area (Å²) in [7, 11) is 0. The van der Waals surface area contributed by atoms with Crippen LogP contribution >= 0.6 is 0 Å². The van der Waals surface area contributed by atoms with Gasteiger partial charge in [0.1, 0.15) is 11.4 Å². The van der Waals surface area contributed by atoms with Crippen molar-refractivity contribution in [1.82, 2.24) is 14.5 Å². The summed E-state index contributed by atoms with van der Waals surface area (Å²) in [5.74, 6) is 0.644. The Morgan fingerprint density at radius 2 is 1.71 bits per heavy atom. The Morgan fingerprint density at radius 1 is 0.941 bits per heavy atom. The van der Waals surface area contributed by atoms with Crippen LogP contribution in [0.4, 0.5) is 11.6 Å². The van der Waals surface area contributed by atoms with E-state index < -0.39 is 6.10 Å². The number of rotatable bonds is 9. The highest BCUT2D eigenvalue weighted by Crippen LogP contribution is 2.26. The predicted octanol–water partition coefficient (Wildman–Crippen LogP) is 3.49. The predicted molar refractivity (Wildman–Crippen MR) is 134 cm³/mol. The van der Waals surface area contributed by atoms with Crippen molar-refractivity contribution in [3.8, 4) is 5.75 Å². The number of nitrogens with zero attached hydrogens (tertiary/aromatic N) is 3. The number of aromatic nitrogens is 3. The topological polar surface area (TPSA) is 115 Å². The van der Waals surface area contributed by atoms with E-state index in [-0.39, 0.29) is 18.9 Å². The summed E-state index contributed by atoms with van der Waals surface area (Å²) in [5.41, 5.74) is 7.57. The lowest BCUT2D eigenvalue weighted by Crippen LogP contribution is -2.24. The molecule has 0 saturated heterocycles. The molecule has 2 aromatic heterocycles. The number of imidazole rings is 1. The second-order valence-electron chi connectivity index (χ2n) is 8.71. The molecule has 4 aromatic rings. The number of benzene rings is 2. The SMILES string of the molecule is Cc1cc(C)cc(NCc2ccc3nc(NCC(O)CO)n(Cc4nc(C)ccc4O)c3c2)c1. The highest BCUT2D eigenvalue weighted by molar-refractivity contribution is 5.80. The van der Waals surface area contributed by atoms with Gasteiger partial charge < -0.3 is 30.5 Å². The largest absolute Gasteiger partial charge is 0.506 e. The number of fused-ring (bicyclic) bond motifs is 1. The number of hydrogen-bond acceptors (Lipinski definition) is 7. The van der Waals surface area contributed by atoms with E-state index >= 15 is 0 Å². The second kappa shape index (κ2) is 10.1. The Labute approximate surface area is 198 Å². The highest BCUT2D eigenvalue weighted by atomic mass is 16.3. The third-order valence-electron chi connectivity index (χ3n) is 5.63. The molecule has 0 aliphatic heterocycles. The van der Waals surface area contributed by atoms with Crippen molar-refractivity contribution in [3.05, 3.63) is 76.6 Å². The van der Waals surface area contributed by atoms with Gasteiger partial charge in [-0.05, 0) is 73.9 Å². The van der Waals surface area contributed by atoms with Crippen LogP contribution in [0.1, 0.15) is 28.1 Å². The summed E-state index contributed by atoms with van der Waals surface area (Å²) >= 11 is 0. The molecular weight excluding hydrogens is 430 g/mol. The number of aliphatic hydroxyl groups excluding tert-OH is 2. The first-order chi connectivity index (χ1) is 16.3. The minimum Gasteiger partial charge on any atom is -0.506 e. The maximum absolute atomic E-state index is 10.4. The van der Waals surface area contributed by atoms with E-state index in [1.54, 1.807) is 12.1 Å². The fraction of sp³-hybridized carbons (Fsp3) is 0.308. The molecule has 0 aliphatic rings. The molecule has 0 bridgehead atoms. The Balaban J connectivity index is 1.67. The fourth-order valence-corrected chi connectivity index (χ4v) is 4.00. The lowest BCUT2D eigenvalue weighted by Gasteiger charge is -2.14. The van der Waals surface area contributed by atoms with Crippen LogP contribution in [0.15, 0.2) is 48.5 Å². The van der Waals surface area contributed by atoms with Gasteiger partial charge >= 0.3 is 0 Å². The Kier molecular flexibility index (Phi) is 7.00. The Bertz CT molecular complexity index is 1280. The quantitative estimate of drug-likeness (QED) is 0.259. The molecule has 8 nitrogen and oxygen atoms in total. The fourth-order valence-electron chi connectivity index (χ4n) is 4.00. The molecule has 0 fully saturated rings. The molecule has 8 heteroatoms. The van der Waals surface area contributed by atoms with Crippen LogP contribution < -0.4 is 10.6 Å². The van der Waals surface area contributed by atoms with Gasteiger partial charge in [0.2, 0.25) is 5.95 Å². The molecule has 0 aliphatic carbocycles. The third-order valence-corrected chi connectivity index (χ3v) is 5.63. The zero-order valence-electron chi connectivity index (χ0n) is 19.7. The van der Waals surface area contributed by atoms with Gasteiger partial charge in [-0.2, -0.15) is 0 Å². The van der Waals surface area contributed by atoms with Crippen LogP contribution in [0.25, 0.3) is 11.0 Å². The molecule has 1 atom stereocenters. The minimum absolute atomic E-state index is 0.112. The number of anilines is 2. The van der Waals surface area contributed by atoms with E-state index in [0.29, 0.717) is 24.7 Å².